The van der Waals surface area contributed by atoms with Gasteiger partial charge in [-0.3, -0.25) is 4.79 Å². The highest BCUT2D eigenvalue weighted by Crippen LogP contribution is 2.16. The van der Waals surface area contributed by atoms with Crippen molar-refractivity contribution in [3.8, 4) is 0 Å². The van der Waals surface area contributed by atoms with Gasteiger partial charge in [0.1, 0.15) is 0 Å². The fraction of sp³-hybridized carbons (Fsp3) is 0.533. The Bertz CT molecular complexity index is 413. The van der Waals surface area contributed by atoms with Crippen molar-refractivity contribution in [2.45, 2.75) is 32.2 Å². The number of rotatable bonds is 4. The van der Waals surface area contributed by atoms with Gasteiger partial charge in [0.05, 0.1) is 19.1 Å². The molecule has 1 aromatic rings. The van der Waals surface area contributed by atoms with Crippen molar-refractivity contribution in [1.29, 1.82) is 0 Å². The molecule has 0 saturated carbocycles. The van der Waals surface area contributed by atoms with Crippen molar-refractivity contribution in [3.05, 3.63) is 34.3 Å². The molecule has 1 aromatic carbocycles. The summed E-state index contributed by atoms with van der Waals surface area (Å²) in [6.07, 6.45) is 3.83. The van der Waals surface area contributed by atoms with Crippen LogP contribution < -0.4 is 10.2 Å². The minimum absolute atomic E-state index is 0.0739. The van der Waals surface area contributed by atoms with Gasteiger partial charge in [0.2, 0.25) is 0 Å². The first-order valence-corrected chi connectivity index (χ1v) is 7.83. The maximum atomic E-state index is 12.0. The van der Waals surface area contributed by atoms with E-state index in [9.17, 15) is 4.79 Å². The van der Waals surface area contributed by atoms with Gasteiger partial charge in [-0.2, -0.15) is 0 Å². The van der Waals surface area contributed by atoms with E-state index in [1.807, 2.05) is 31.2 Å². The fourth-order valence-corrected chi connectivity index (χ4v) is 2.85. The number of halogens is 1. The summed E-state index contributed by atoms with van der Waals surface area (Å²) in [5.74, 6) is 0.160. The molecule has 0 aromatic heterocycles. The molecule has 0 bridgehead atoms. The molecule has 0 unspecified atom stereocenters. The second-order valence-electron chi connectivity index (χ2n) is 5.33. The molecule has 2 N–H and O–H groups in total. The molecule has 0 aliphatic carbocycles. The molecule has 4 heteroatoms. The minimum atomic E-state index is 0.0739. The van der Waals surface area contributed by atoms with Crippen molar-refractivity contribution in [1.82, 2.24) is 5.32 Å². The highest BCUT2D eigenvalue weighted by molar-refractivity contribution is 9.10. The second kappa shape index (κ2) is 7.06. The highest BCUT2D eigenvalue weighted by atomic mass is 79.9. The van der Waals surface area contributed by atoms with E-state index in [-0.39, 0.29) is 11.9 Å². The first-order chi connectivity index (χ1) is 9.15. The number of carbonyl (C=O) groups is 1. The second-order valence-corrected chi connectivity index (χ2v) is 6.24. The topological polar surface area (TPSA) is 33.5 Å². The van der Waals surface area contributed by atoms with Crippen LogP contribution in [-0.2, 0) is 4.79 Å². The van der Waals surface area contributed by atoms with Gasteiger partial charge in [0.25, 0.3) is 5.91 Å². The summed E-state index contributed by atoms with van der Waals surface area (Å²) in [6.45, 7) is 4.92. The van der Waals surface area contributed by atoms with Gasteiger partial charge in [-0.05, 0) is 43.9 Å². The molecule has 0 spiro atoms. The lowest BCUT2D eigenvalue weighted by atomic mass is 10.1. The number of piperidine rings is 1. The Kier molecular flexibility index (Phi) is 5.40. The quantitative estimate of drug-likeness (QED) is 0.868. The zero-order valence-electron chi connectivity index (χ0n) is 11.4. The normalized spacial score (nSPS) is 18.0. The highest BCUT2D eigenvalue weighted by Gasteiger charge is 2.18. The van der Waals surface area contributed by atoms with Crippen LogP contribution in [0, 0.1) is 0 Å². The summed E-state index contributed by atoms with van der Waals surface area (Å²) < 4.78 is 1.06. The van der Waals surface area contributed by atoms with E-state index in [1.165, 1.54) is 24.2 Å². The molecule has 1 fully saturated rings. The minimum Gasteiger partial charge on any atom is -0.345 e. The predicted molar refractivity (Wildman–Crippen MR) is 80.1 cm³/mol. The molecule has 0 radical (unpaired) electrons. The average molecular weight is 326 g/mol. The van der Waals surface area contributed by atoms with Crippen molar-refractivity contribution >= 4 is 21.8 Å². The van der Waals surface area contributed by atoms with Crippen molar-refractivity contribution < 1.29 is 9.69 Å². The molecule has 104 valence electrons. The van der Waals surface area contributed by atoms with E-state index in [0.29, 0.717) is 6.54 Å². The number of carbonyl (C=O) groups excluding carboxylic acids is 1. The van der Waals surface area contributed by atoms with Gasteiger partial charge in [0.15, 0.2) is 6.54 Å². The smallest absolute Gasteiger partial charge is 0.275 e. The number of likely N-dealkylation sites (tertiary alicyclic amines) is 1. The standard InChI is InChI=1S/C15H21BrN2O/c1-12(13-5-7-14(16)8-6-13)17-15(19)11-18-9-3-2-4-10-18/h5-8,12H,2-4,9-11H2,1H3,(H,17,19)/p+1/t12-/m0/s1. The summed E-state index contributed by atoms with van der Waals surface area (Å²) in [6, 6.07) is 8.18. The zero-order chi connectivity index (χ0) is 13.7. The van der Waals surface area contributed by atoms with Crippen LogP contribution in [0.3, 0.4) is 0 Å². The molecule has 1 saturated heterocycles. The molecular weight excluding hydrogens is 304 g/mol. The number of hydrogen-bond acceptors (Lipinski definition) is 1. The molecule has 3 nitrogen and oxygen atoms in total. The van der Waals surface area contributed by atoms with Crippen LogP contribution in [0.15, 0.2) is 28.7 Å². The predicted octanol–water partition coefficient (Wildman–Crippen LogP) is 1.70. The van der Waals surface area contributed by atoms with Crippen molar-refractivity contribution in [2.75, 3.05) is 19.6 Å². The molecule has 1 amide bonds. The third-order valence-corrected chi connectivity index (χ3v) is 4.25. The molecular formula is C15H22BrN2O+. The van der Waals surface area contributed by atoms with E-state index < -0.39 is 0 Å². The number of hydrogen-bond donors (Lipinski definition) is 2. The van der Waals surface area contributed by atoms with Crippen LogP contribution in [0.4, 0.5) is 0 Å². The van der Waals surface area contributed by atoms with Crippen LogP contribution in [-0.4, -0.2) is 25.5 Å². The van der Waals surface area contributed by atoms with Gasteiger partial charge in [-0.25, -0.2) is 0 Å². The monoisotopic (exact) mass is 325 g/mol. The van der Waals surface area contributed by atoms with E-state index in [0.717, 1.165) is 23.1 Å². The Morgan fingerprint density at radius 2 is 1.89 bits per heavy atom. The van der Waals surface area contributed by atoms with Gasteiger partial charge in [-0.15, -0.1) is 0 Å². The Morgan fingerprint density at radius 1 is 1.26 bits per heavy atom. The van der Waals surface area contributed by atoms with Crippen LogP contribution in [0.25, 0.3) is 0 Å². The Morgan fingerprint density at radius 3 is 2.53 bits per heavy atom. The lowest BCUT2D eigenvalue weighted by Gasteiger charge is -2.23. The van der Waals surface area contributed by atoms with Gasteiger partial charge in [-0.1, -0.05) is 28.1 Å². The third kappa shape index (κ3) is 4.62. The van der Waals surface area contributed by atoms with E-state index in [2.05, 4.69) is 21.2 Å². The lowest BCUT2D eigenvalue weighted by Crippen LogP contribution is -3.13. The van der Waals surface area contributed by atoms with Gasteiger partial charge < -0.3 is 10.2 Å². The first-order valence-electron chi connectivity index (χ1n) is 7.03. The van der Waals surface area contributed by atoms with Crippen LogP contribution >= 0.6 is 15.9 Å². The summed E-state index contributed by atoms with van der Waals surface area (Å²) in [5, 5.41) is 3.09. The van der Waals surface area contributed by atoms with Gasteiger partial charge >= 0.3 is 0 Å². The van der Waals surface area contributed by atoms with E-state index in [4.69, 9.17) is 0 Å². The van der Waals surface area contributed by atoms with Crippen molar-refractivity contribution in [2.24, 2.45) is 0 Å². The summed E-state index contributed by atoms with van der Waals surface area (Å²) >= 11 is 3.42. The van der Waals surface area contributed by atoms with Gasteiger partial charge in [0, 0.05) is 4.47 Å². The van der Waals surface area contributed by atoms with Crippen LogP contribution in [0.2, 0.25) is 0 Å². The molecule has 1 aliphatic rings. The molecule has 19 heavy (non-hydrogen) atoms. The molecule has 1 heterocycles. The number of nitrogens with one attached hydrogen (secondary N) is 2. The zero-order valence-corrected chi connectivity index (χ0v) is 13.0. The Hall–Kier alpha value is -0.870. The maximum absolute atomic E-state index is 12.0. The first kappa shape index (κ1) is 14.5. The summed E-state index contributed by atoms with van der Waals surface area (Å²) in [5.41, 5.74) is 1.14. The summed E-state index contributed by atoms with van der Waals surface area (Å²) in [7, 11) is 0. The largest absolute Gasteiger partial charge is 0.345 e. The van der Waals surface area contributed by atoms with E-state index >= 15 is 0 Å². The lowest BCUT2D eigenvalue weighted by molar-refractivity contribution is -0.896. The SMILES string of the molecule is C[C@H](NC(=O)C[NH+]1CCCCC1)c1ccc(Br)cc1. The van der Waals surface area contributed by atoms with Crippen LogP contribution in [0.1, 0.15) is 37.8 Å². The number of amides is 1. The Labute approximate surface area is 123 Å². The van der Waals surface area contributed by atoms with E-state index in [1.54, 1.807) is 0 Å². The molecule has 1 aliphatic heterocycles. The third-order valence-electron chi connectivity index (χ3n) is 3.72. The maximum Gasteiger partial charge on any atom is 0.275 e. The van der Waals surface area contributed by atoms with Crippen LogP contribution in [0.5, 0.6) is 0 Å². The summed E-state index contributed by atoms with van der Waals surface area (Å²) in [4.78, 5) is 13.4. The number of benzene rings is 1. The number of quaternary nitrogens is 1. The average Bonchev–Trinajstić information content (AvgIpc) is 2.40. The van der Waals surface area contributed by atoms with Crippen molar-refractivity contribution in [3.63, 3.8) is 0 Å². The molecule has 1 atom stereocenters. The Balaban J connectivity index is 1.82. The molecule has 2 rings (SSSR count). The fourth-order valence-electron chi connectivity index (χ4n) is 2.58.